The maximum absolute atomic E-state index is 12.0. The molecule has 1 N–H and O–H groups in total. The fourth-order valence-corrected chi connectivity index (χ4v) is 2.56. The maximum Gasteiger partial charge on any atom is 0.270 e. The van der Waals surface area contributed by atoms with Crippen LogP contribution in [0.2, 0.25) is 0 Å². The van der Waals surface area contributed by atoms with Gasteiger partial charge in [-0.1, -0.05) is 0 Å². The van der Waals surface area contributed by atoms with Crippen molar-refractivity contribution in [2.24, 2.45) is 0 Å². The Hall–Kier alpha value is -0.940. The fourth-order valence-electron chi connectivity index (χ4n) is 2.33. The lowest BCUT2D eigenvalue weighted by atomic mass is 10.0. The maximum atomic E-state index is 12.0. The molecule has 1 aliphatic heterocycles. The van der Waals surface area contributed by atoms with Crippen molar-refractivity contribution in [1.29, 1.82) is 0 Å². The number of aromatic nitrogens is 1. The van der Waals surface area contributed by atoms with Crippen LogP contribution in [-0.2, 0) is 0 Å². The summed E-state index contributed by atoms with van der Waals surface area (Å²) in [5.41, 5.74) is 0.481. The van der Waals surface area contributed by atoms with Crippen LogP contribution in [0.15, 0.2) is 22.8 Å². The molecule has 1 saturated heterocycles. The first-order valence-electron chi connectivity index (χ1n) is 6.72. The van der Waals surface area contributed by atoms with E-state index < -0.39 is 0 Å². The molecular weight excluding hydrogens is 306 g/mol. The van der Waals surface area contributed by atoms with Crippen LogP contribution in [0, 0.1) is 0 Å². The molecule has 0 atom stereocenters. The molecule has 2 rings (SSSR count). The van der Waals surface area contributed by atoms with E-state index in [4.69, 9.17) is 0 Å². The Balaban J connectivity index is 1.85. The van der Waals surface area contributed by atoms with Crippen LogP contribution >= 0.6 is 15.9 Å². The molecule has 1 aromatic rings. The predicted molar refractivity (Wildman–Crippen MR) is 79.1 cm³/mol. The van der Waals surface area contributed by atoms with Crippen molar-refractivity contribution >= 4 is 21.8 Å². The van der Waals surface area contributed by atoms with E-state index in [0.717, 1.165) is 30.4 Å². The number of rotatable bonds is 3. The van der Waals surface area contributed by atoms with Gasteiger partial charge in [0.1, 0.15) is 5.69 Å². The second-order valence-corrected chi connectivity index (χ2v) is 6.15. The molecule has 4 nitrogen and oxygen atoms in total. The van der Waals surface area contributed by atoms with Crippen molar-refractivity contribution < 1.29 is 4.79 Å². The van der Waals surface area contributed by atoms with Gasteiger partial charge in [-0.2, -0.15) is 0 Å². The molecule has 104 valence electrons. The summed E-state index contributed by atoms with van der Waals surface area (Å²) < 4.78 is 0.884. The molecule has 0 aromatic carbocycles. The highest BCUT2D eigenvalue weighted by Gasteiger charge is 2.22. The Morgan fingerprint density at radius 3 is 2.63 bits per heavy atom. The van der Waals surface area contributed by atoms with E-state index in [-0.39, 0.29) is 11.9 Å². The molecular formula is C14H20BrN3O. The van der Waals surface area contributed by atoms with E-state index in [1.165, 1.54) is 0 Å². The molecule has 0 bridgehead atoms. The molecule has 0 unspecified atom stereocenters. The standard InChI is InChI=1S/C14H20BrN3O/c1-10(2)18-7-5-12(6-8-18)17-14(19)13-4-3-11(15)9-16-13/h3-4,9-10,12H,5-8H2,1-2H3,(H,17,19). The summed E-state index contributed by atoms with van der Waals surface area (Å²) in [6, 6.07) is 4.43. The SMILES string of the molecule is CC(C)N1CCC(NC(=O)c2ccc(Br)cn2)CC1. The first-order chi connectivity index (χ1) is 9.06. The van der Waals surface area contributed by atoms with Crippen LogP contribution in [0.4, 0.5) is 0 Å². The minimum absolute atomic E-state index is 0.0736. The summed E-state index contributed by atoms with van der Waals surface area (Å²) in [6.45, 7) is 6.53. The highest BCUT2D eigenvalue weighted by molar-refractivity contribution is 9.10. The van der Waals surface area contributed by atoms with Gasteiger partial charge >= 0.3 is 0 Å². The van der Waals surface area contributed by atoms with Gasteiger partial charge in [0.2, 0.25) is 0 Å². The number of nitrogens with zero attached hydrogens (tertiary/aromatic N) is 2. The largest absolute Gasteiger partial charge is 0.348 e. The average Bonchev–Trinajstić information content (AvgIpc) is 2.40. The van der Waals surface area contributed by atoms with Crippen molar-refractivity contribution in [2.75, 3.05) is 13.1 Å². The van der Waals surface area contributed by atoms with Gasteiger partial charge in [-0.3, -0.25) is 4.79 Å². The minimum Gasteiger partial charge on any atom is -0.348 e. The zero-order valence-electron chi connectivity index (χ0n) is 11.4. The van der Waals surface area contributed by atoms with Gasteiger partial charge in [0.25, 0.3) is 5.91 Å². The van der Waals surface area contributed by atoms with Crippen LogP contribution in [0.25, 0.3) is 0 Å². The van der Waals surface area contributed by atoms with Crippen LogP contribution in [0.1, 0.15) is 37.2 Å². The highest BCUT2D eigenvalue weighted by atomic mass is 79.9. The van der Waals surface area contributed by atoms with Gasteiger partial charge in [-0.05, 0) is 54.8 Å². The van der Waals surface area contributed by atoms with Gasteiger partial charge < -0.3 is 10.2 Å². The molecule has 2 heterocycles. The van der Waals surface area contributed by atoms with Crippen LogP contribution in [0.5, 0.6) is 0 Å². The second-order valence-electron chi connectivity index (χ2n) is 5.24. The number of carbonyl (C=O) groups is 1. The molecule has 19 heavy (non-hydrogen) atoms. The van der Waals surface area contributed by atoms with E-state index in [9.17, 15) is 4.79 Å². The van der Waals surface area contributed by atoms with E-state index in [1.54, 1.807) is 12.3 Å². The van der Waals surface area contributed by atoms with Gasteiger partial charge in [0.05, 0.1) is 0 Å². The molecule has 1 aliphatic rings. The average molecular weight is 326 g/mol. The Bertz CT molecular complexity index is 425. The Morgan fingerprint density at radius 1 is 1.42 bits per heavy atom. The summed E-state index contributed by atoms with van der Waals surface area (Å²) in [6.07, 6.45) is 3.68. The molecule has 1 aromatic heterocycles. The first-order valence-corrected chi connectivity index (χ1v) is 7.52. The van der Waals surface area contributed by atoms with Gasteiger partial charge in [-0.15, -0.1) is 0 Å². The number of hydrogen-bond acceptors (Lipinski definition) is 3. The van der Waals surface area contributed by atoms with Crippen molar-refractivity contribution in [1.82, 2.24) is 15.2 Å². The van der Waals surface area contributed by atoms with Crippen molar-refractivity contribution in [3.05, 3.63) is 28.5 Å². The lowest BCUT2D eigenvalue weighted by Crippen LogP contribution is -2.46. The number of halogens is 1. The van der Waals surface area contributed by atoms with Gasteiger partial charge in [0, 0.05) is 35.8 Å². The molecule has 0 spiro atoms. The van der Waals surface area contributed by atoms with Crippen molar-refractivity contribution in [2.45, 2.75) is 38.8 Å². The predicted octanol–water partition coefficient (Wildman–Crippen LogP) is 2.45. The van der Waals surface area contributed by atoms with Crippen molar-refractivity contribution in [3.63, 3.8) is 0 Å². The molecule has 0 radical (unpaired) electrons. The third-order valence-corrected chi connectivity index (χ3v) is 4.02. The van der Waals surface area contributed by atoms with E-state index >= 15 is 0 Å². The summed E-state index contributed by atoms with van der Waals surface area (Å²) in [5.74, 6) is -0.0736. The number of pyridine rings is 1. The number of nitrogens with one attached hydrogen (secondary N) is 1. The topological polar surface area (TPSA) is 45.2 Å². The number of amides is 1. The highest BCUT2D eigenvalue weighted by Crippen LogP contribution is 2.14. The number of likely N-dealkylation sites (tertiary alicyclic amines) is 1. The zero-order valence-corrected chi connectivity index (χ0v) is 13.0. The Labute approximate surface area is 122 Å². The van der Waals surface area contributed by atoms with Crippen LogP contribution in [-0.4, -0.2) is 41.0 Å². The van der Waals surface area contributed by atoms with Gasteiger partial charge in [0.15, 0.2) is 0 Å². The molecule has 1 amide bonds. The monoisotopic (exact) mass is 325 g/mol. The summed E-state index contributed by atoms with van der Waals surface area (Å²) in [4.78, 5) is 18.6. The van der Waals surface area contributed by atoms with Crippen LogP contribution in [0.3, 0.4) is 0 Å². The summed E-state index contributed by atoms with van der Waals surface area (Å²) in [7, 11) is 0. The Morgan fingerprint density at radius 2 is 2.11 bits per heavy atom. The summed E-state index contributed by atoms with van der Waals surface area (Å²) in [5, 5.41) is 3.07. The number of carbonyl (C=O) groups excluding carboxylic acids is 1. The summed E-state index contributed by atoms with van der Waals surface area (Å²) >= 11 is 3.31. The lowest BCUT2D eigenvalue weighted by molar-refractivity contribution is 0.0895. The van der Waals surface area contributed by atoms with Gasteiger partial charge in [-0.25, -0.2) is 4.98 Å². The second kappa shape index (κ2) is 6.48. The number of piperidine rings is 1. The minimum atomic E-state index is -0.0736. The van der Waals surface area contributed by atoms with Crippen molar-refractivity contribution in [3.8, 4) is 0 Å². The normalized spacial score (nSPS) is 17.7. The van der Waals surface area contributed by atoms with Crippen LogP contribution < -0.4 is 5.32 Å². The van der Waals surface area contributed by atoms with E-state index in [1.807, 2.05) is 6.07 Å². The third kappa shape index (κ3) is 4.01. The fraction of sp³-hybridized carbons (Fsp3) is 0.571. The third-order valence-electron chi connectivity index (χ3n) is 3.56. The molecule has 1 fully saturated rings. The number of hydrogen-bond donors (Lipinski definition) is 1. The molecule has 0 saturated carbocycles. The quantitative estimate of drug-likeness (QED) is 0.928. The van der Waals surface area contributed by atoms with E-state index in [2.05, 4.69) is 45.0 Å². The molecule has 5 heteroatoms. The zero-order chi connectivity index (χ0) is 13.8. The first kappa shape index (κ1) is 14.5. The van der Waals surface area contributed by atoms with E-state index in [0.29, 0.717) is 11.7 Å². The Kier molecular flexibility index (Phi) is 4.93. The smallest absolute Gasteiger partial charge is 0.270 e. The lowest BCUT2D eigenvalue weighted by Gasteiger charge is -2.34. The molecule has 0 aliphatic carbocycles.